The summed E-state index contributed by atoms with van der Waals surface area (Å²) < 4.78 is 0. The number of benzene rings is 2. The third kappa shape index (κ3) is 3.00. The summed E-state index contributed by atoms with van der Waals surface area (Å²) in [5, 5.41) is 4.84. The van der Waals surface area contributed by atoms with E-state index in [1.54, 1.807) is 0 Å². The van der Waals surface area contributed by atoms with Crippen LogP contribution in [0.3, 0.4) is 0 Å². The van der Waals surface area contributed by atoms with E-state index < -0.39 is 0 Å². The normalized spacial score (nSPS) is 10.8. The van der Waals surface area contributed by atoms with Crippen molar-refractivity contribution in [2.24, 2.45) is 0 Å². The summed E-state index contributed by atoms with van der Waals surface area (Å²) >= 11 is 5.98. The van der Waals surface area contributed by atoms with E-state index in [0.717, 1.165) is 28.5 Å². The van der Waals surface area contributed by atoms with Gasteiger partial charge in [-0.25, -0.2) is 0 Å². The minimum Gasteiger partial charge on any atom is -0.361 e. The fourth-order valence-corrected chi connectivity index (χ4v) is 2.77. The zero-order valence-electron chi connectivity index (χ0n) is 12.3. The lowest BCUT2D eigenvalue weighted by molar-refractivity contribution is 0.0953. The number of amides is 1. The lowest BCUT2D eigenvalue weighted by Gasteiger charge is -2.07. The van der Waals surface area contributed by atoms with Crippen LogP contribution in [0.4, 0.5) is 0 Å². The van der Waals surface area contributed by atoms with E-state index in [9.17, 15) is 4.79 Å². The predicted octanol–water partition coefficient (Wildman–Crippen LogP) is 4.10. The Bertz CT molecular complexity index is 823. The van der Waals surface area contributed by atoms with Gasteiger partial charge in [0.2, 0.25) is 0 Å². The number of nitrogens with one attached hydrogen (secondary N) is 2. The highest BCUT2D eigenvalue weighted by atomic mass is 35.5. The lowest BCUT2D eigenvalue weighted by atomic mass is 10.1. The van der Waals surface area contributed by atoms with Crippen molar-refractivity contribution in [3.05, 3.63) is 70.4 Å². The molecule has 0 atom stereocenters. The molecule has 3 rings (SSSR count). The third-order valence-electron chi connectivity index (χ3n) is 3.80. The molecular formula is C18H17ClN2O. The quantitative estimate of drug-likeness (QED) is 0.748. The average Bonchev–Trinajstić information content (AvgIpc) is 2.90. The van der Waals surface area contributed by atoms with Crippen LogP contribution in [0.25, 0.3) is 10.9 Å². The van der Waals surface area contributed by atoms with Crippen LogP contribution in [0.1, 0.15) is 21.5 Å². The highest BCUT2D eigenvalue weighted by molar-refractivity contribution is 6.31. The highest BCUT2D eigenvalue weighted by Crippen LogP contribution is 2.22. The van der Waals surface area contributed by atoms with Gasteiger partial charge in [0.15, 0.2) is 0 Å². The molecule has 0 unspecified atom stereocenters. The number of hydrogen-bond acceptors (Lipinski definition) is 1. The van der Waals surface area contributed by atoms with Crippen LogP contribution in [-0.2, 0) is 6.42 Å². The van der Waals surface area contributed by atoms with Crippen molar-refractivity contribution in [1.82, 2.24) is 10.3 Å². The molecule has 2 N–H and O–H groups in total. The number of halogens is 1. The fraction of sp³-hybridized carbons (Fsp3) is 0.167. The number of rotatable bonds is 4. The van der Waals surface area contributed by atoms with Crippen molar-refractivity contribution in [1.29, 1.82) is 0 Å². The maximum Gasteiger partial charge on any atom is 0.251 e. The number of hydrogen-bond donors (Lipinski definition) is 2. The Hall–Kier alpha value is -2.26. The van der Waals surface area contributed by atoms with E-state index in [1.165, 1.54) is 5.56 Å². The summed E-state index contributed by atoms with van der Waals surface area (Å²) in [5.41, 5.74) is 3.92. The van der Waals surface area contributed by atoms with Crippen LogP contribution in [0.2, 0.25) is 5.02 Å². The van der Waals surface area contributed by atoms with Crippen LogP contribution in [0, 0.1) is 6.92 Å². The molecule has 0 bridgehead atoms. The number of aromatic nitrogens is 1. The van der Waals surface area contributed by atoms with Crippen LogP contribution in [0.5, 0.6) is 0 Å². The standard InChI is InChI=1S/C18H17ClN2O/c1-12-4-2-3-5-15(12)18(22)20-9-8-13-11-21-17-10-14(19)6-7-16(13)17/h2-7,10-11,21H,8-9H2,1H3,(H,20,22). The number of H-pyrrole nitrogens is 1. The van der Waals surface area contributed by atoms with Gasteiger partial charge in [0.05, 0.1) is 0 Å². The van der Waals surface area contributed by atoms with E-state index in [2.05, 4.69) is 10.3 Å². The minimum absolute atomic E-state index is 0.0269. The van der Waals surface area contributed by atoms with Gasteiger partial charge in [0, 0.05) is 34.2 Å². The monoisotopic (exact) mass is 312 g/mol. The average molecular weight is 313 g/mol. The van der Waals surface area contributed by atoms with Gasteiger partial charge in [-0.3, -0.25) is 4.79 Å². The maximum atomic E-state index is 12.2. The molecule has 0 saturated carbocycles. The van der Waals surface area contributed by atoms with E-state index in [-0.39, 0.29) is 5.91 Å². The Labute approximate surface area is 134 Å². The Kier molecular flexibility index (Phi) is 4.16. The molecule has 4 heteroatoms. The Morgan fingerprint density at radius 2 is 2.05 bits per heavy atom. The largest absolute Gasteiger partial charge is 0.361 e. The molecular weight excluding hydrogens is 296 g/mol. The summed E-state index contributed by atoms with van der Waals surface area (Å²) in [5.74, 6) is -0.0269. The van der Waals surface area contributed by atoms with Gasteiger partial charge in [-0.15, -0.1) is 0 Å². The van der Waals surface area contributed by atoms with Gasteiger partial charge in [-0.05, 0) is 42.7 Å². The molecule has 0 aliphatic carbocycles. The smallest absolute Gasteiger partial charge is 0.251 e. The SMILES string of the molecule is Cc1ccccc1C(=O)NCCc1c[nH]c2cc(Cl)ccc12. The Balaban J connectivity index is 1.65. The van der Waals surface area contributed by atoms with Gasteiger partial charge in [-0.2, -0.15) is 0 Å². The van der Waals surface area contributed by atoms with Crippen molar-refractivity contribution in [3.63, 3.8) is 0 Å². The van der Waals surface area contributed by atoms with E-state index >= 15 is 0 Å². The molecule has 0 fully saturated rings. The first-order chi connectivity index (χ1) is 10.6. The Morgan fingerprint density at radius 1 is 1.23 bits per heavy atom. The first-order valence-electron chi connectivity index (χ1n) is 7.24. The van der Waals surface area contributed by atoms with E-state index in [4.69, 9.17) is 11.6 Å². The second kappa shape index (κ2) is 6.24. The molecule has 0 aliphatic rings. The maximum absolute atomic E-state index is 12.2. The predicted molar refractivity (Wildman–Crippen MR) is 90.5 cm³/mol. The second-order valence-corrected chi connectivity index (χ2v) is 5.76. The first-order valence-corrected chi connectivity index (χ1v) is 7.62. The van der Waals surface area contributed by atoms with Crippen molar-refractivity contribution >= 4 is 28.4 Å². The Morgan fingerprint density at radius 3 is 2.86 bits per heavy atom. The zero-order valence-corrected chi connectivity index (χ0v) is 13.1. The molecule has 3 aromatic rings. The van der Waals surface area contributed by atoms with Crippen LogP contribution < -0.4 is 5.32 Å². The highest BCUT2D eigenvalue weighted by Gasteiger charge is 2.08. The molecule has 2 aromatic carbocycles. The molecule has 0 radical (unpaired) electrons. The molecule has 3 nitrogen and oxygen atoms in total. The summed E-state index contributed by atoms with van der Waals surface area (Å²) in [4.78, 5) is 15.4. The molecule has 1 aromatic heterocycles. The summed E-state index contributed by atoms with van der Waals surface area (Å²) in [6.45, 7) is 2.54. The third-order valence-corrected chi connectivity index (χ3v) is 4.03. The van der Waals surface area contributed by atoms with E-state index in [1.807, 2.05) is 55.6 Å². The molecule has 0 aliphatic heterocycles. The van der Waals surface area contributed by atoms with Crippen LogP contribution in [0.15, 0.2) is 48.7 Å². The van der Waals surface area contributed by atoms with Crippen molar-refractivity contribution in [3.8, 4) is 0 Å². The van der Waals surface area contributed by atoms with Gasteiger partial charge in [-0.1, -0.05) is 35.9 Å². The first kappa shape index (κ1) is 14.7. The fourth-order valence-electron chi connectivity index (χ4n) is 2.60. The van der Waals surface area contributed by atoms with E-state index in [0.29, 0.717) is 11.6 Å². The molecule has 0 saturated heterocycles. The molecule has 1 amide bonds. The van der Waals surface area contributed by atoms with Gasteiger partial charge in [0.1, 0.15) is 0 Å². The number of aryl methyl sites for hydroxylation is 1. The minimum atomic E-state index is -0.0269. The van der Waals surface area contributed by atoms with Crippen LogP contribution in [-0.4, -0.2) is 17.4 Å². The molecule has 112 valence electrons. The van der Waals surface area contributed by atoms with Crippen LogP contribution >= 0.6 is 11.6 Å². The van der Waals surface area contributed by atoms with Gasteiger partial charge >= 0.3 is 0 Å². The summed E-state index contributed by atoms with van der Waals surface area (Å²) in [6, 6.07) is 13.4. The zero-order chi connectivity index (χ0) is 15.5. The number of carbonyl (C=O) groups is 1. The van der Waals surface area contributed by atoms with Crippen molar-refractivity contribution in [2.75, 3.05) is 6.54 Å². The van der Waals surface area contributed by atoms with Crippen molar-refractivity contribution < 1.29 is 4.79 Å². The van der Waals surface area contributed by atoms with Crippen molar-refractivity contribution in [2.45, 2.75) is 13.3 Å². The molecule has 1 heterocycles. The number of carbonyl (C=O) groups excluding carboxylic acids is 1. The molecule has 0 spiro atoms. The second-order valence-electron chi connectivity index (χ2n) is 5.32. The lowest BCUT2D eigenvalue weighted by Crippen LogP contribution is -2.26. The summed E-state index contributed by atoms with van der Waals surface area (Å²) in [7, 11) is 0. The molecule has 22 heavy (non-hydrogen) atoms. The topological polar surface area (TPSA) is 44.9 Å². The van der Waals surface area contributed by atoms with Gasteiger partial charge in [0.25, 0.3) is 5.91 Å². The summed E-state index contributed by atoms with van der Waals surface area (Å²) in [6.07, 6.45) is 2.75. The number of fused-ring (bicyclic) bond motifs is 1. The van der Waals surface area contributed by atoms with Gasteiger partial charge < -0.3 is 10.3 Å². The number of aromatic amines is 1.